The van der Waals surface area contributed by atoms with Crippen LogP contribution in [0.2, 0.25) is 0 Å². The largest absolute Gasteiger partial charge is 0.216 e. The minimum Gasteiger partial charge on any atom is -0.212 e. The molecule has 0 heterocycles. The molecule has 4 heteroatoms. The first-order valence-electron chi connectivity index (χ1n) is 7.40. The fraction of sp³-hybridized carbons (Fsp3) is 0.333. The van der Waals surface area contributed by atoms with Crippen molar-refractivity contribution in [3.05, 3.63) is 70.3 Å². The summed E-state index contributed by atoms with van der Waals surface area (Å²) in [7, 11) is -3.37. The summed E-state index contributed by atoms with van der Waals surface area (Å²) in [4.78, 5) is 0. The summed E-state index contributed by atoms with van der Waals surface area (Å²) in [5.41, 5.74) is 5.33. The zero-order valence-electron chi connectivity index (χ0n) is 13.6. The zero-order valence-corrected chi connectivity index (χ0v) is 14.4. The molecule has 1 N–H and O–H groups in total. The fourth-order valence-corrected chi connectivity index (χ4v) is 4.00. The second-order valence-electron chi connectivity index (χ2n) is 5.88. The quantitative estimate of drug-likeness (QED) is 0.912. The Hall–Kier alpha value is -1.65. The summed E-state index contributed by atoms with van der Waals surface area (Å²) in [5, 5.41) is 0. The molecule has 0 bridgehead atoms. The van der Waals surface area contributed by atoms with Gasteiger partial charge in [0.15, 0.2) is 0 Å². The van der Waals surface area contributed by atoms with Crippen LogP contribution in [0, 0.1) is 20.8 Å². The van der Waals surface area contributed by atoms with E-state index in [9.17, 15) is 8.42 Å². The van der Waals surface area contributed by atoms with Gasteiger partial charge in [0, 0.05) is 6.04 Å². The molecule has 118 valence electrons. The van der Waals surface area contributed by atoms with Crippen LogP contribution in [0.1, 0.15) is 40.8 Å². The highest BCUT2D eigenvalue weighted by Gasteiger charge is 2.18. The van der Waals surface area contributed by atoms with E-state index in [1.165, 1.54) is 11.1 Å². The van der Waals surface area contributed by atoms with E-state index in [0.717, 1.165) is 16.7 Å². The molecular weight excluding hydrogens is 294 g/mol. The molecule has 0 aliphatic heterocycles. The normalized spacial score (nSPS) is 13.1. The Balaban J connectivity index is 2.17. The average molecular weight is 317 g/mol. The summed E-state index contributed by atoms with van der Waals surface area (Å²) in [6, 6.07) is 13.2. The molecular formula is C18H23NO2S. The SMILES string of the molecule is Cc1cc(C)c(C(C)NS(=O)(=O)Cc2ccccc2)cc1C. The van der Waals surface area contributed by atoms with Gasteiger partial charge in [-0.15, -0.1) is 0 Å². The maximum atomic E-state index is 12.3. The minimum absolute atomic E-state index is 0.00205. The third kappa shape index (κ3) is 4.18. The minimum atomic E-state index is -3.37. The Bertz CT molecular complexity index is 752. The number of benzene rings is 2. The number of aryl methyl sites for hydroxylation is 3. The molecule has 0 aliphatic rings. The number of hydrogen-bond acceptors (Lipinski definition) is 2. The van der Waals surface area contributed by atoms with Gasteiger partial charge in [-0.05, 0) is 55.5 Å². The molecule has 22 heavy (non-hydrogen) atoms. The topological polar surface area (TPSA) is 46.2 Å². The lowest BCUT2D eigenvalue weighted by atomic mass is 9.97. The summed E-state index contributed by atoms with van der Waals surface area (Å²) < 4.78 is 27.5. The number of rotatable bonds is 5. The Labute approximate surface area is 133 Å². The van der Waals surface area contributed by atoms with Crippen molar-refractivity contribution in [3.63, 3.8) is 0 Å². The van der Waals surface area contributed by atoms with Crippen molar-refractivity contribution in [3.8, 4) is 0 Å². The first-order valence-corrected chi connectivity index (χ1v) is 9.05. The maximum Gasteiger partial charge on any atom is 0.216 e. The van der Waals surface area contributed by atoms with Gasteiger partial charge in [0.05, 0.1) is 5.75 Å². The van der Waals surface area contributed by atoms with E-state index in [2.05, 4.69) is 23.8 Å². The van der Waals surface area contributed by atoms with Gasteiger partial charge in [0.25, 0.3) is 0 Å². The number of hydrogen-bond donors (Lipinski definition) is 1. The summed E-state index contributed by atoms with van der Waals surface area (Å²) >= 11 is 0. The van der Waals surface area contributed by atoms with Crippen molar-refractivity contribution in [1.82, 2.24) is 4.72 Å². The van der Waals surface area contributed by atoms with Crippen molar-refractivity contribution < 1.29 is 8.42 Å². The highest BCUT2D eigenvalue weighted by atomic mass is 32.2. The standard InChI is InChI=1S/C18H23NO2S/c1-13-10-15(3)18(11-14(13)2)16(4)19-22(20,21)12-17-8-6-5-7-9-17/h5-11,16,19H,12H2,1-4H3. The lowest BCUT2D eigenvalue weighted by Gasteiger charge is -2.18. The van der Waals surface area contributed by atoms with Gasteiger partial charge in [-0.3, -0.25) is 0 Å². The van der Waals surface area contributed by atoms with Gasteiger partial charge >= 0.3 is 0 Å². The lowest BCUT2D eigenvalue weighted by Crippen LogP contribution is -2.28. The third-order valence-electron chi connectivity index (χ3n) is 3.90. The second kappa shape index (κ2) is 6.63. The Morgan fingerprint density at radius 1 is 0.955 bits per heavy atom. The molecule has 3 nitrogen and oxygen atoms in total. The molecule has 0 radical (unpaired) electrons. The van der Waals surface area contributed by atoms with Gasteiger partial charge in [-0.1, -0.05) is 42.5 Å². The second-order valence-corrected chi connectivity index (χ2v) is 7.63. The van der Waals surface area contributed by atoms with Gasteiger partial charge in [-0.2, -0.15) is 0 Å². The Morgan fingerprint density at radius 2 is 1.55 bits per heavy atom. The average Bonchev–Trinajstić information content (AvgIpc) is 2.42. The first-order chi connectivity index (χ1) is 10.3. The van der Waals surface area contributed by atoms with Crippen LogP contribution in [0.3, 0.4) is 0 Å². The van der Waals surface area contributed by atoms with Crippen LogP contribution in [0.4, 0.5) is 0 Å². The number of sulfonamides is 1. The van der Waals surface area contributed by atoms with Crippen LogP contribution in [0.25, 0.3) is 0 Å². The summed E-state index contributed by atoms with van der Waals surface area (Å²) in [6.07, 6.45) is 0. The van der Waals surface area contributed by atoms with E-state index in [1.54, 1.807) is 0 Å². The first kappa shape index (κ1) is 16.7. The molecule has 0 aliphatic carbocycles. The van der Waals surface area contributed by atoms with Gasteiger partial charge in [-0.25, -0.2) is 13.1 Å². The molecule has 0 aromatic heterocycles. The molecule has 0 fully saturated rings. The fourth-order valence-electron chi connectivity index (χ4n) is 2.62. The van der Waals surface area contributed by atoms with Gasteiger partial charge in [0.2, 0.25) is 10.0 Å². The molecule has 0 saturated carbocycles. The predicted molar refractivity (Wildman–Crippen MR) is 91.3 cm³/mol. The monoisotopic (exact) mass is 317 g/mol. The highest BCUT2D eigenvalue weighted by molar-refractivity contribution is 7.88. The van der Waals surface area contributed by atoms with Crippen molar-refractivity contribution in [2.24, 2.45) is 0 Å². The van der Waals surface area contributed by atoms with Crippen LogP contribution in [0.15, 0.2) is 42.5 Å². The van der Waals surface area contributed by atoms with E-state index >= 15 is 0 Å². The van der Waals surface area contributed by atoms with Crippen molar-refractivity contribution in [2.45, 2.75) is 39.5 Å². The predicted octanol–water partition coefficient (Wildman–Crippen LogP) is 3.79. The van der Waals surface area contributed by atoms with Gasteiger partial charge < -0.3 is 0 Å². The highest BCUT2D eigenvalue weighted by Crippen LogP contribution is 2.22. The lowest BCUT2D eigenvalue weighted by molar-refractivity contribution is 0.565. The summed E-state index contributed by atoms with van der Waals surface area (Å²) in [6.45, 7) is 8.02. The zero-order chi connectivity index (χ0) is 16.3. The van der Waals surface area contributed by atoms with E-state index in [1.807, 2.05) is 51.1 Å². The van der Waals surface area contributed by atoms with Crippen LogP contribution >= 0.6 is 0 Å². The van der Waals surface area contributed by atoms with Crippen molar-refractivity contribution in [2.75, 3.05) is 0 Å². The molecule has 0 spiro atoms. The summed E-state index contributed by atoms with van der Waals surface area (Å²) in [5.74, 6) is 0.00205. The van der Waals surface area contributed by atoms with Crippen molar-refractivity contribution >= 4 is 10.0 Å². The van der Waals surface area contributed by atoms with E-state index in [4.69, 9.17) is 0 Å². The van der Waals surface area contributed by atoms with Crippen LogP contribution < -0.4 is 4.72 Å². The van der Waals surface area contributed by atoms with Crippen molar-refractivity contribution in [1.29, 1.82) is 0 Å². The van der Waals surface area contributed by atoms with Crippen LogP contribution in [-0.4, -0.2) is 8.42 Å². The molecule has 1 atom stereocenters. The number of nitrogens with one attached hydrogen (secondary N) is 1. The molecule has 1 unspecified atom stereocenters. The smallest absolute Gasteiger partial charge is 0.212 e. The van der Waals surface area contributed by atoms with Gasteiger partial charge in [0.1, 0.15) is 0 Å². The third-order valence-corrected chi connectivity index (χ3v) is 5.33. The van der Waals surface area contributed by atoms with E-state index in [-0.39, 0.29) is 11.8 Å². The van der Waals surface area contributed by atoms with Crippen LogP contribution in [-0.2, 0) is 15.8 Å². The molecule has 0 saturated heterocycles. The van der Waals surface area contributed by atoms with Crippen LogP contribution in [0.5, 0.6) is 0 Å². The van der Waals surface area contributed by atoms with E-state index in [0.29, 0.717) is 0 Å². The Morgan fingerprint density at radius 3 is 2.18 bits per heavy atom. The molecule has 2 aromatic carbocycles. The maximum absolute atomic E-state index is 12.3. The Kier molecular flexibility index (Phi) is 5.04. The van der Waals surface area contributed by atoms with E-state index < -0.39 is 10.0 Å². The molecule has 2 aromatic rings. The molecule has 2 rings (SSSR count). The molecule has 0 amide bonds.